The number of nitrogens with two attached hydrogens (primary N) is 1. The van der Waals surface area contributed by atoms with Crippen LogP contribution in [0.1, 0.15) is 38.5 Å². The van der Waals surface area contributed by atoms with Crippen LogP contribution in [-0.2, 0) is 0 Å². The molecule has 3 aliphatic rings. The van der Waals surface area contributed by atoms with E-state index in [-0.39, 0.29) is 0 Å². The molecule has 3 rings (SSSR count). The summed E-state index contributed by atoms with van der Waals surface area (Å²) in [4.78, 5) is 5.49. The summed E-state index contributed by atoms with van der Waals surface area (Å²) < 4.78 is 0. The molecule has 0 aromatic rings. The van der Waals surface area contributed by atoms with E-state index in [1.165, 1.54) is 64.7 Å². The van der Waals surface area contributed by atoms with Gasteiger partial charge in [-0.2, -0.15) is 0 Å². The second-order valence-electron chi connectivity index (χ2n) is 6.26. The molecule has 98 valence electrons. The highest BCUT2D eigenvalue weighted by molar-refractivity contribution is 4.91. The summed E-state index contributed by atoms with van der Waals surface area (Å²) in [5.41, 5.74) is 5.78. The summed E-state index contributed by atoms with van der Waals surface area (Å²) in [6.45, 7) is 6.13. The van der Waals surface area contributed by atoms with Crippen LogP contribution >= 0.6 is 0 Å². The summed E-state index contributed by atoms with van der Waals surface area (Å²) in [6, 6.07) is 1.76. The van der Waals surface area contributed by atoms with Crippen molar-refractivity contribution in [1.29, 1.82) is 0 Å². The van der Waals surface area contributed by atoms with Gasteiger partial charge in [0.1, 0.15) is 0 Å². The van der Waals surface area contributed by atoms with E-state index >= 15 is 0 Å². The number of likely N-dealkylation sites (tertiary alicyclic amines) is 2. The Hall–Kier alpha value is -0.120. The third kappa shape index (κ3) is 2.51. The Morgan fingerprint density at radius 1 is 0.824 bits per heavy atom. The zero-order chi connectivity index (χ0) is 11.7. The lowest BCUT2D eigenvalue weighted by Crippen LogP contribution is -2.38. The van der Waals surface area contributed by atoms with Crippen molar-refractivity contribution >= 4 is 0 Å². The van der Waals surface area contributed by atoms with Gasteiger partial charge in [-0.3, -0.25) is 9.80 Å². The first-order chi connectivity index (χ1) is 8.36. The molecule has 0 aromatic heterocycles. The Balaban J connectivity index is 1.50. The third-order valence-corrected chi connectivity index (χ3v) is 5.20. The molecule has 1 saturated carbocycles. The van der Waals surface area contributed by atoms with Gasteiger partial charge in [-0.15, -0.1) is 0 Å². The van der Waals surface area contributed by atoms with Gasteiger partial charge >= 0.3 is 0 Å². The number of hydrogen-bond acceptors (Lipinski definition) is 3. The lowest BCUT2D eigenvalue weighted by molar-refractivity contribution is 0.197. The van der Waals surface area contributed by atoms with E-state index in [1.807, 2.05) is 0 Å². The van der Waals surface area contributed by atoms with Gasteiger partial charge in [0.2, 0.25) is 0 Å². The Labute approximate surface area is 105 Å². The first-order valence-corrected chi connectivity index (χ1v) is 7.55. The molecule has 0 bridgehead atoms. The fourth-order valence-corrected chi connectivity index (χ4v) is 4.05. The molecular weight excluding hydrogens is 210 g/mol. The van der Waals surface area contributed by atoms with Crippen molar-refractivity contribution in [3.8, 4) is 0 Å². The van der Waals surface area contributed by atoms with Crippen molar-refractivity contribution in [2.45, 2.75) is 50.6 Å². The van der Waals surface area contributed by atoms with Gasteiger partial charge < -0.3 is 5.73 Å². The predicted octanol–water partition coefficient (Wildman–Crippen LogP) is 1.28. The van der Waals surface area contributed by atoms with Crippen LogP contribution in [0.15, 0.2) is 0 Å². The SMILES string of the molecule is NCC1CCN(C2CCN(C3CCCC3)C2)C1. The van der Waals surface area contributed by atoms with E-state index in [2.05, 4.69) is 9.80 Å². The number of nitrogens with zero attached hydrogens (tertiary/aromatic N) is 2. The molecular formula is C14H27N3. The smallest absolute Gasteiger partial charge is 0.0235 e. The molecule has 0 radical (unpaired) electrons. The van der Waals surface area contributed by atoms with Crippen molar-refractivity contribution in [2.24, 2.45) is 11.7 Å². The fraction of sp³-hybridized carbons (Fsp3) is 1.00. The highest BCUT2D eigenvalue weighted by Gasteiger charge is 2.35. The van der Waals surface area contributed by atoms with Crippen LogP contribution in [-0.4, -0.2) is 54.6 Å². The summed E-state index contributed by atoms with van der Waals surface area (Å²) in [7, 11) is 0. The van der Waals surface area contributed by atoms with E-state index in [0.29, 0.717) is 0 Å². The topological polar surface area (TPSA) is 32.5 Å². The molecule has 2 heterocycles. The average molecular weight is 237 g/mol. The predicted molar refractivity (Wildman–Crippen MR) is 71.0 cm³/mol. The highest BCUT2D eigenvalue weighted by Crippen LogP contribution is 2.29. The van der Waals surface area contributed by atoms with E-state index in [0.717, 1.165) is 24.5 Å². The van der Waals surface area contributed by atoms with Crippen LogP contribution in [0.25, 0.3) is 0 Å². The Kier molecular flexibility index (Phi) is 3.69. The molecule has 3 fully saturated rings. The largest absolute Gasteiger partial charge is 0.330 e. The monoisotopic (exact) mass is 237 g/mol. The molecule has 0 spiro atoms. The van der Waals surface area contributed by atoms with Crippen LogP contribution in [0.5, 0.6) is 0 Å². The normalized spacial score (nSPS) is 37.2. The van der Waals surface area contributed by atoms with Crippen LogP contribution in [0.4, 0.5) is 0 Å². The maximum Gasteiger partial charge on any atom is 0.0235 e. The molecule has 2 atom stereocenters. The second kappa shape index (κ2) is 5.25. The lowest BCUT2D eigenvalue weighted by atomic mass is 10.1. The molecule has 2 saturated heterocycles. The summed E-state index contributed by atoms with van der Waals surface area (Å²) in [5.74, 6) is 0.774. The van der Waals surface area contributed by atoms with E-state index in [4.69, 9.17) is 5.73 Å². The van der Waals surface area contributed by atoms with Gasteiger partial charge in [-0.25, -0.2) is 0 Å². The quantitative estimate of drug-likeness (QED) is 0.803. The Bertz CT molecular complexity index is 250. The summed E-state index contributed by atoms with van der Waals surface area (Å²) >= 11 is 0. The van der Waals surface area contributed by atoms with Crippen LogP contribution in [0.3, 0.4) is 0 Å². The first kappa shape index (κ1) is 11.9. The van der Waals surface area contributed by atoms with Crippen molar-refractivity contribution in [3.63, 3.8) is 0 Å². The molecule has 2 N–H and O–H groups in total. The Morgan fingerprint density at radius 3 is 2.24 bits per heavy atom. The molecule has 2 unspecified atom stereocenters. The zero-order valence-electron chi connectivity index (χ0n) is 11.0. The van der Waals surface area contributed by atoms with Crippen molar-refractivity contribution < 1.29 is 0 Å². The number of rotatable bonds is 3. The van der Waals surface area contributed by atoms with Gasteiger partial charge in [0.05, 0.1) is 0 Å². The van der Waals surface area contributed by atoms with Crippen LogP contribution in [0.2, 0.25) is 0 Å². The lowest BCUT2D eigenvalue weighted by Gasteiger charge is -2.27. The summed E-state index contributed by atoms with van der Waals surface area (Å²) in [6.07, 6.45) is 8.57. The van der Waals surface area contributed by atoms with E-state index < -0.39 is 0 Å². The molecule has 0 aromatic carbocycles. The molecule has 1 aliphatic carbocycles. The first-order valence-electron chi connectivity index (χ1n) is 7.55. The minimum Gasteiger partial charge on any atom is -0.330 e. The van der Waals surface area contributed by atoms with Crippen LogP contribution < -0.4 is 5.73 Å². The van der Waals surface area contributed by atoms with Gasteiger partial charge in [0.15, 0.2) is 0 Å². The van der Waals surface area contributed by atoms with Crippen molar-refractivity contribution in [2.75, 3.05) is 32.7 Å². The standard InChI is InChI=1S/C14H27N3/c15-9-12-5-7-16(10-12)14-6-8-17(11-14)13-3-1-2-4-13/h12-14H,1-11,15H2. The average Bonchev–Trinajstić information content (AvgIpc) is 3.09. The second-order valence-corrected chi connectivity index (χ2v) is 6.26. The molecule has 3 nitrogen and oxygen atoms in total. The van der Waals surface area contributed by atoms with Crippen molar-refractivity contribution in [1.82, 2.24) is 9.80 Å². The minimum atomic E-state index is 0.774. The maximum atomic E-state index is 5.78. The Morgan fingerprint density at radius 2 is 1.53 bits per heavy atom. The maximum absolute atomic E-state index is 5.78. The van der Waals surface area contributed by atoms with Crippen molar-refractivity contribution in [3.05, 3.63) is 0 Å². The van der Waals surface area contributed by atoms with Gasteiger partial charge in [0, 0.05) is 31.7 Å². The fourth-order valence-electron chi connectivity index (χ4n) is 4.05. The van der Waals surface area contributed by atoms with Crippen LogP contribution in [0, 0.1) is 5.92 Å². The number of hydrogen-bond donors (Lipinski definition) is 1. The molecule has 17 heavy (non-hydrogen) atoms. The molecule has 3 heteroatoms. The molecule has 2 aliphatic heterocycles. The summed E-state index contributed by atoms with van der Waals surface area (Å²) in [5, 5.41) is 0. The zero-order valence-corrected chi connectivity index (χ0v) is 11.0. The highest BCUT2D eigenvalue weighted by atomic mass is 15.3. The van der Waals surface area contributed by atoms with Gasteiger partial charge in [0.25, 0.3) is 0 Å². The van der Waals surface area contributed by atoms with E-state index in [1.54, 1.807) is 0 Å². The van der Waals surface area contributed by atoms with Gasteiger partial charge in [-0.05, 0) is 44.7 Å². The van der Waals surface area contributed by atoms with E-state index in [9.17, 15) is 0 Å². The minimum absolute atomic E-state index is 0.774. The van der Waals surface area contributed by atoms with Gasteiger partial charge in [-0.1, -0.05) is 12.8 Å². The molecule has 0 amide bonds. The third-order valence-electron chi connectivity index (χ3n) is 5.20.